The molecule has 1 saturated carbocycles. The molecule has 3 aliphatic carbocycles. The zero-order valence-electron chi connectivity index (χ0n) is 15.0. The standard InChI is InChI=1S/C23H20N2O2/c1-3-7-15-13(5-1)11-17-19(15)24-21(26-17)23(9-10-23)22-25-20-16-8-4-2-6-14(16)12-18(20)27-22/h1-8,17-20H,9-12H2/t17-,18-,19+,20+/m1/s1. The van der Waals surface area contributed by atoms with Crippen molar-refractivity contribution in [2.75, 3.05) is 0 Å². The van der Waals surface area contributed by atoms with Crippen molar-refractivity contribution in [2.24, 2.45) is 15.4 Å². The van der Waals surface area contributed by atoms with E-state index in [4.69, 9.17) is 19.5 Å². The minimum Gasteiger partial charge on any atom is -0.474 e. The van der Waals surface area contributed by atoms with E-state index in [0.29, 0.717) is 0 Å². The molecule has 27 heavy (non-hydrogen) atoms. The second-order valence-electron chi connectivity index (χ2n) is 8.46. The van der Waals surface area contributed by atoms with Crippen molar-refractivity contribution in [1.82, 2.24) is 0 Å². The van der Waals surface area contributed by atoms with Gasteiger partial charge in [0.05, 0.1) is 0 Å². The summed E-state index contributed by atoms with van der Waals surface area (Å²) in [7, 11) is 0. The van der Waals surface area contributed by atoms with Gasteiger partial charge >= 0.3 is 0 Å². The van der Waals surface area contributed by atoms with Gasteiger partial charge < -0.3 is 9.47 Å². The number of benzene rings is 2. The topological polar surface area (TPSA) is 43.2 Å². The van der Waals surface area contributed by atoms with E-state index in [1.54, 1.807) is 0 Å². The maximum absolute atomic E-state index is 6.39. The fourth-order valence-electron chi connectivity index (χ4n) is 5.31. The molecule has 134 valence electrons. The molecule has 0 radical (unpaired) electrons. The first-order valence-corrected chi connectivity index (χ1v) is 9.97. The van der Waals surface area contributed by atoms with Crippen LogP contribution in [-0.2, 0) is 22.3 Å². The fourth-order valence-corrected chi connectivity index (χ4v) is 5.31. The summed E-state index contributed by atoms with van der Waals surface area (Å²) in [6, 6.07) is 17.5. The van der Waals surface area contributed by atoms with Crippen molar-refractivity contribution in [2.45, 2.75) is 50.0 Å². The number of fused-ring (bicyclic) bond motifs is 6. The zero-order valence-corrected chi connectivity index (χ0v) is 15.0. The lowest BCUT2D eigenvalue weighted by molar-refractivity contribution is 0.179. The molecule has 2 heterocycles. The maximum atomic E-state index is 6.39. The third kappa shape index (κ3) is 1.83. The van der Waals surface area contributed by atoms with E-state index in [2.05, 4.69) is 48.5 Å². The largest absolute Gasteiger partial charge is 0.474 e. The number of ether oxygens (including phenoxy) is 2. The quantitative estimate of drug-likeness (QED) is 0.818. The molecule has 0 bridgehead atoms. The van der Waals surface area contributed by atoms with Gasteiger partial charge in [0.25, 0.3) is 0 Å². The van der Waals surface area contributed by atoms with E-state index in [-0.39, 0.29) is 29.7 Å². The van der Waals surface area contributed by atoms with Gasteiger partial charge in [-0.15, -0.1) is 0 Å². The molecule has 0 amide bonds. The second kappa shape index (κ2) is 4.80. The van der Waals surface area contributed by atoms with Crippen LogP contribution in [0.3, 0.4) is 0 Å². The lowest BCUT2D eigenvalue weighted by atomic mass is 10.1. The molecule has 0 N–H and O–H groups in total. The third-order valence-electron chi connectivity index (χ3n) is 6.90. The van der Waals surface area contributed by atoms with Crippen LogP contribution < -0.4 is 0 Å². The molecule has 0 unspecified atom stereocenters. The van der Waals surface area contributed by atoms with E-state index < -0.39 is 0 Å². The molecule has 0 saturated heterocycles. The smallest absolute Gasteiger partial charge is 0.200 e. The van der Waals surface area contributed by atoms with Crippen molar-refractivity contribution in [3.05, 3.63) is 70.8 Å². The molecule has 7 rings (SSSR count). The number of hydrogen-bond acceptors (Lipinski definition) is 4. The molecule has 2 aromatic rings. The predicted molar refractivity (Wildman–Crippen MR) is 102 cm³/mol. The number of nitrogens with zero attached hydrogens (tertiary/aromatic N) is 2. The first-order valence-electron chi connectivity index (χ1n) is 9.97. The SMILES string of the molecule is c1ccc2c(c1)C[C@H]1OC(C3(C4=N[C@H]5c6ccccc6C[C@H]5O4)CC3)=N[C@@H]21. The molecule has 2 aliphatic heterocycles. The summed E-state index contributed by atoms with van der Waals surface area (Å²) < 4.78 is 12.8. The Kier molecular flexibility index (Phi) is 2.57. The molecule has 4 atom stereocenters. The van der Waals surface area contributed by atoms with Crippen LogP contribution in [0, 0.1) is 5.41 Å². The van der Waals surface area contributed by atoms with Crippen molar-refractivity contribution in [3.8, 4) is 0 Å². The lowest BCUT2D eigenvalue weighted by Gasteiger charge is -2.18. The highest BCUT2D eigenvalue weighted by Gasteiger charge is 2.61. The Labute approximate surface area is 157 Å². The highest BCUT2D eigenvalue weighted by Crippen LogP contribution is 2.56. The van der Waals surface area contributed by atoms with Gasteiger partial charge in [-0.1, -0.05) is 48.5 Å². The van der Waals surface area contributed by atoms with E-state index in [0.717, 1.165) is 37.5 Å². The minimum absolute atomic E-state index is 0.149. The summed E-state index contributed by atoms with van der Waals surface area (Å²) >= 11 is 0. The van der Waals surface area contributed by atoms with Crippen LogP contribution in [-0.4, -0.2) is 24.0 Å². The van der Waals surface area contributed by atoms with E-state index >= 15 is 0 Å². The third-order valence-corrected chi connectivity index (χ3v) is 6.90. The van der Waals surface area contributed by atoms with Crippen molar-refractivity contribution < 1.29 is 9.47 Å². The molecule has 1 fully saturated rings. The Hall–Kier alpha value is -2.62. The summed E-state index contributed by atoms with van der Waals surface area (Å²) in [5.41, 5.74) is 5.21. The molecule has 5 aliphatic rings. The number of aliphatic imine (C=N–C) groups is 2. The van der Waals surface area contributed by atoms with Gasteiger partial charge in [-0.25, -0.2) is 9.98 Å². The zero-order chi connectivity index (χ0) is 17.6. The average Bonchev–Trinajstić information content (AvgIpc) is 2.99. The Morgan fingerprint density at radius 2 is 1.19 bits per heavy atom. The summed E-state index contributed by atoms with van der Waals surface area (Å²) in [4.78, 5) is 10.1. The van der Waals surface area contributed by atoms with Crippen LogP contribution in [0.4, 0.5) is 0 Å². The fraction of sp³-hybridized carbons (Fsp3) is 0.391. The van der Waals surface area contributed by atoms with Crippen LogP contribution in [0.5, 0.6) is 0 Å². The second-order valence-corrected chi connectivity index (χ2v) is 8.46. The van der Waals surface area contributed by atoms with Gasteiger partial charge in [0.1, 0.15) is 29.7 Å². The molecular formula is C23H20N2O2. The van der Waals surface area contributed by atoms with Gasteiger partial charge in [-0.05, 0) is 35.1 Å². The van der Waals surface area contributed by atoms with Crippen molar-refractivity contribution in [3.63, 3.8) is 0 Å². The number of hydrogen-bond donors (Lipinski definition) is 0. The average molecular weight is 356 g/mol. The first-order chi connectivity index (χ1) is 13.3. The van der Waals surface area contributed by atoms with Gasteiger partial charge in [0.15, 0.2) is 11.8 Å². The molecule has 4 heteroatoms. The summed E-state index contributed by atoms with van der Waals surface area (Å²) in [5.74, 6) is 1.75. The van der Waals surface area contributed by atoms with Crippen LogP contribution in [0.2, 0.25) is 0 Å². The summed E-state index contributed by atoms with van der Waals surface area (Å²) in [6.45, 7) is 0. The monoisotopic (exact) mass is 356 g/mol. The Morgan fingerprint density at radius 3 is 1.67 bits per heavy atom. The van der Waals surface area contributed by atoms with Gasteiger partial charge in [-0.3, -0.25) is 0 Å². The Bertz CT molecular complexity index is 957. The van der Waals surface area contributed by atoms with Crippen LogP contribution in [0.25, 0.3) is 0 Å². The van der Waals surface area contributed by atoms with E-state index in [1.807, 2.05) is 0 Å². The van der Waals surface area contributed by atoms with E-state index in [1.165, 1.54) is 22.3 Å². The van der Waals surface area contributed by atoms with Gasteiger partial charge in [0.2, 0.25) is 0 Å². The predicted octanol–water partition coefficient (Wildman–Crippen LogP) is 3.96. The molecule has 4 nitrogen and oxygen atoms in total. The Balaban J connectivity index is 1.23. The normalized spacial score (nSPS) is 33.2. The molecule has 2 aromatic carbocycles. The molecule has 0 spiro atoms. The first kappa shape index (κ1) is 14.4. The van der Waals surface area contributed by atoms with Crippen LogP contribution in [0.1, 0.15) is 47.2 Å². The summed E-state index contributed by atoms with van der Waals surface area (Å²) in [5, 5.41) is 0. The highest BCUT2D eigenvalue weighted by atomic mass is 16.5. The van der Waals surface area contributed by atoms with Gasteiger partial charge in [-0.2, -0.15) is 0 Å². The maximum Gasteiger partial charge on any atom is 0.200 e. The number of rotatable bonds is 2. The van der Waals surface area contributed by atoms with Crippen molar-refractivity contribution >= 4 is 11.8 Å². The van der Waals surface area contributed by atoms with Crippen LogP contribution >= 0.6 is 0 Å². The highest BCUT2D eigenvalue weighted by molar-refractivity contribution is 6.09. The summed E-state index contributed by atoms with van der Waals surface area (Å²) in [6.07, 6.45) is 4.28. The van der Waals surface area contributed by atoms with Gasteiger partial charge in [0, 0.05) is 12.8 Å². The van der Waals surface area contributed by atoms with Crippen LogP contribution in [0.15, 0.2) is 58.5 Å². The lowest BCUT2D eigenvalue weighted by Crippen LogP contribution is -2.30. The minimum atomic E-state index is -0.196. The Morgan fingerprint density at radius 1 is 0.704 bits per heavy atom. The molecule has 0 aromatic heterocycles. The van der Waals surface area contributed by atoms with E-state index in [9.17, 15) is 0 Å². The molecular weight excluding hydrogens is 336 g/mol. The van der Waals surface area contributed by atoms with Crippen molar-refractivity contribution in [1.29, 1.82) is 0 Å².